The summed E-state index contributed by atoms with van der Waals surface area (Å²) < 4.78 is 25.7. The van der Waals surface area contributed by atoms with Gasteiger partial charge in [-0.05, 0) is 0 Å². The standard InChI is InChI=1S/C7H7F2N3O2/c8-7(9,3-10)5-2-11-4(1-12-5)6(13)14/h1-2H,3,10H2,(H,13,14). The van der Waals surface area contributed by atoms with Gasteiger partial charge in [-0.15, -0.1) is 0 Å². The lowest BCUT2D eigenvalue weighted by atomic mass is 10.2. The lowest BCUT2D eigenvalue weighted by Gasteiger charge is -2.11. The molecule has 1 aromatic heterocycles. The molecule has 0 radical (unpaired) electrons. The van der Waals surface area contributed by atoms with Crippen molar-refractivity contribution in [2.45, 2.75) is 5.92 Å². The highest BCUT2D eigenvalue weighted by Gasteiger charge is 2.31. The average molecular weight is 203 g/mol. The molecule has 1 aromatic rings. The molecule has 0 unspecified atom stereocenters. The van der Waals surface area contributed by atoms with Crippen molar-refractivity contribution in [3.8, 4) is 0 Å². The largest absolute Gasteiger partial charge is 0.476 e. The molecule has 0 aromatic carbocycles. The molecule has 0 amide bonds. The molecular formula is C7H7F2N3O2. The average Bonchev–Trinajstić information content (AvgIpc) is 2.18. The van der Waals surface area contributed by atoms with E-state index in [2.05, 4.69) is 9.97 Å². The third-order valence-electron chi connectivity index (χ3n) is 1.50. The fraction of sp³-hybridized carbons (Fsp3) is 0.286. The van der Waals surface area contributed by atoms with Crippen LogP contribution in [0.2, 0.25) is 0 Å². The summed E-state index contributed by atoms with van der Waals surface area (Å²) in [7, 11) is 0. The third-order valence-corrected chi connectivity index (χ3v) is 1.50. The molecule has 0 spiro atoms. The number of nitrogens with two attached hydrogens (primary N) is 1. The van der Waals surface area contributed by atoms with Crippen LogP contribution < -0.4 is 5.73 Å². The quantitative estimate of drug-likeness (QED) is 0.733. The lowest BCUT2D eigenvalue weighted by molar-refractivity contribution is 0.000861. The predicted molar refractivity (Wildman–Crippen MR) is 41.9 cm³/mol. The van der Waals surface area contributed by atoms with E-state index in [9.17, 15) is 13.6 Å². The summed E-state index contributed by atoms with van der Waals surface area (Å²) in [6.45, 7) is -0.895. The number of aromatic nitrogens is 2. The second kappa shape index (κ2) is 3.62. The molecule has 5 nitrogen and oxygen atoms in total. The van der Waals surface area contributed by atoms with Crippen molar-refractivity contribution in [2.75, 3.05) is 6.54 Å². The molecule has 0 atom stereocenters. The molecule has 0 saturated heterocycles. The molecule has 7 heteroatoms. The normalized spacial score (nSPS) is 11.4. The van der Waals surface area contributed by atoms with Crippen LogP contribution >= 0.6 is 0 Å². The summed E-state index contributed by atoms with van der Waals surface area (Å²) in [5.74, 6) is -4.59. The van der Waals surface area contributed by atoms with E-state index < -0.39 is 24.1 Å². The summed E-state index contributed by atoms with van der Waals surface area (Å²) in [5.41, 5.74) is 3.78. The topological polar surface area (TPSA) is 89.1 Å². The molecule has 1 rings (SSSR count). The highest BCUT2D eigenvalue weighted by Crippen LogP contribution is 2.23. The van der Waals surface area contributed by atoms with E-state index in [1.165, 1.54) is 0 Å². The Hall–Kier alpha value is -1.63. The highest BCUT2D eigenvalue weighted by atomic mass is 19.3. The summed E-state index contributed by atoms with van der Waals surface area (Å²) in [6, 6.07) is 0. The van der Waals surface area contributed by atoms with E-state index in [-0.39, 0.29) is 5.69 Å². The molecule has 0 fully saturated rings. The zero-order valence-corrected chi connectivity index (χ0v) is 6.94. The minimum absolute atomic E-state index is 0.387. The van der Waals surface area contributed by atoms with Gasteiger partial charge in [0.15, 0.2) is 5.69 Å². The Labute approximate surface area is 77.6 Å². The highest BCUT2D eigenvalue weighted by molar-refractivity contribution is 5.84. The SMILES string of the molecule is NCC(F)(F)c1cnc(C(=O)O)cn1. The van der Waals surface area contributed by atoms with Gasteiger partial charge in [0.05, 0.1) is 18.9 Å². The number of carboxylic acid groups (broad SMARTS) is 1. The van der Waals surface area contributed by atoms with Gasteiger partial charge in [0, 0.05) is 0 Å². The first-order chi connectivity index (χ1) is 6.47. The molecule has 3 N–H and O–H groups in total. The van der Waals surface area contributed by atoms with Crippen LogP contribution in [0, 0.1) is 0 Å². The van der Waals surface area contributed by atoms with Crippen LogP contribution in [0.5, 0.6) is 0 Å². The first-order valence-corrected chi connectivity index (χ1v) is 3.61. The number of nitrogens with zero attached hydrogens (tertiary/aromatic N) is 2. The van der Waals surface area contributed by atoms with Crippen molar-refractivity contribution >= 4 is 5.97 Å². The maximum Gasteiger partial charge on any atom is 0.356 e. The molecular weight excluding hydrogens is 196 g/mol. The summed E-state index contributed by atoms with van der Waals surface area (Å²) in [5, 5.41) is 8.42. The van der Waals surface area contributed by atoms with Gasteiger partial charge in [0.1, 0.15) is 5.69 Å². The fourth-order valence-corrected chi connectivity index (χ4v) is 0.732. The fourth-order valence-electron chi connectivity index (χ4n) is 0.732. The minimum Gasteiger partial charge on any atom is -0.476 e. The molecule has 76 valence electrons. The minimum atomic E-state index is -3.27. The van der Waals surface area contributed by atoms with Crippen LogP contribution in [0.15, 0.2) is 12.4 Å². The van der Waals surface area contributed by atoms with Crippen molar-refractivity contribution in [3.63, 3.8) is 0 Å². The van der Waals surface area contributed by atoms with E-state index >= 15 is 0 Å². The Kier molecular flexibility index (Phi) is 2.70. The lowest BCUT2D eigenvalue weighted by Crippen LogP contribution is -2.26. The van der Waals surface area contributed by atoms with Crippen LogP contribution in [0.4, 0.5) is 8.78 Å². The van der Waals surface area contributed by atoms with Crippen molar-refractivity contribution in [1.29, 1.82) is 0 Å². The van der Waals surface area contributed by atoms with Gasteiger partial charge in [-0.25, -0.2) is 9.78 Å². The Bertz CT molecular complexity index is 339. The van der Waals surface area contributed by atoms with Crippen molar-refractivity contribution in [2.24, 2.45) is 5.73 Å². The first-order valence-electron chi connectivity index (χ1n) is 3.61. The Balaban J connectivity index is 2.99. The van der Waals surface area contributed by atoms with Gasteiger partial charge in [-0.1, -0.05) is 0 Å². The van der Waals surface area contributed by atoms with E-state index in [1.807, 2.05) is 0 Å². The number of aromatic carboxylic acids is 1. The molecule has 0 bridgehead atoms. The van der Waals surface area contributed by atoms with Gasteiger partial charge < -0.3 is 10.8 Å². The third kappa shape index (κ3) is 1.99. The molecule has 0 aliphatic rings. The molecule has 0 aliphatic heterocycles. The zero-order valence-electron chi connectivity index (χ0n) is 6.94. The van der Waals surface area contributed by atoms with Crippen LogP contribution in [0.25, 0.3) is 0 Å². The maximum absolute atomic E-state index is 12.8. The van der Waals surface area contributed by atoms with Crippen LogP contribution in [0.1, 0.15) is 16.2 Å². The summed E-state index contributed by atoms with van der Waals surface area (Å²) in [6.07, 6.45) is 1.47. The van der Waals surface area contributed by atoms with Crippen LogP contribution in [-0.4, -0.2) is 27.6 Å². The maximum atomic E-state index is 12.8. The van der Waals surface area contributed by atoms with Gasteiger partial charge >= 0.3 is 11.9 Å². The van der Waals surface area contributed by atoms with Crippen molar-refractivity contribution < 1.29 is 18.7 Å². The number of alkyl halides is 2. The Morgan fingerprint density at radius 3 is 2.50 bits per heavy atom. The van der Waals surface area contributed by atoms with E-state index in [0.29, 0.717) is 6.20 Å². The summed E-state index contributed by atoms with van der Waals surface area (Å²) >= 11 is 0. The van der Waals surface area contributed by atoms with Crippen molar-refractivity contribution in [1.82, 2.24) is 9.97 Å². The van der Waals surface area contributed by atoms with Crippen LogP contribution in [0.3, 0.4) is 0 Å². The first kappa shape index (κ1) is 10.5. The number of halogens is 2. The van der Waals surface area contributed by atoms with E-state index in [4.69, 9.17) is 10.8 Å². The Morgan fingerprint density at radius 2 is 2.14 bits per heavy atom. The molecule has 0 saturated carbocycles. The number of carboxylic acids is 1. The monoisotopic (exact) mass is 203 g/mol. The predicted octanol–water partition coefficient (Wildman–Crippen LogP) is 0.225. The molecule has 14 heavy (non-hydrogen) atoms. The zero-order chi connectivity index (χ0) is 10.8. The number of rotatable bonds is 3. The van der Waals surface area contributed by atoms with Crippen molar-refractivity contribution in [3.05, 3.63) is 23.8 Å². The number of hydrogen-bond acceptors (Lipinski definition) is 4. The van der Waals surface area contributed by atoms with E-state index in [0.717, 1.165) is 6.20 Å². The van der Waals surface area contributed by atoms with Gasteiger partial charge in [0.2, 0.25) is 0 Å². The Morgan fingerprint density at radius 1 is 1.50 bits per heavy atom. The van der Waals surface area contributed by atoms with Gasteiger partial charge in [0.25, 0.3) is 0 Å². The van der Waals surface area contributed by atoms with Gasteiger partial charge in [-0.2, -0.15) is 8.78 Å². The molecule has 0 aliphatic carbocycles. The number of carbonyl (C=O) groups is 1. The summed E-state index contributed by atoms with van der Waals surface area (Å²) in [4.78, 5) is 16.9. The van der Waals surface area contributed by atoms with Gasteiger partial charge in [-0.3, -0.25) is 4.98 Å². The van der Waals surface area contributed by atoms with Crippen LogP contribution in [-0.2, 0) is 5.92 Å². The number of hydrogen-bond donors (Lipinski definition) is 2. The second-order valence-electron chi connectivity index (χ2n) is 2.50. The molecule has 1 heterocycles. The second-order valence-corrected chi connectivity index (χ2v) is 2.50. The smallest absolute Gasteiger partial charge is 0.356 e. The van der Waals surface area contributed by atoms with E-state index in [1.54, 1.807) is 0 Å².